The van der Waals surface area contributed by atoms with Gasteiger partial charge in [0.05, 0.1) is 11.4 Å². The Morgan fingerprint density at radius 1 is 1.14 bits per heavy atom. The van der Waals surface area contributed by atoms with Gasteiger partial charge < -0.3 is 4.90 Å². The van der Waals surface area contributed by atoms with Crippen LogP contribution in [0.2, 0.25) is 0 Å². The molecule has 1 aliphatic heterocycles. The number of nitriles is 1. The average Bonchev–Trinajstić information content (AvgIpc) is 3.23. The van der Waals surface area contributed by atoms with E-state index in [2.05, 4.69) is 64.9 Å². The molecule has 22 heavy (non-hydrogen) atoms. The van der Waals surface area contributed by atoms with Gasteiger partial charge in [0.1, 0.15) is 0 Å². The molecule has 0 spiro atoms. The molecule has 4 rings (SSSR count). The molecule has 4 heteroatoms. The first-order valence-corrected chi connectivity index (χ1v) is 7.52. The van der Waals surface area contributed by atoms with Gasteiger partial charge in [-0.2, -0.15) is 10.4 Å². The third kappa shape index (κ3) is 2.21. The van der Waals surface area contributed by atoms with Gasteiger partial charge >= 0.3 is 0 Å². The summed E-state index contributed by atoms with van der Waals surface area (Å²) in [7, 11) is 0. The first-order valence-electron chi connectivity index (χ1n) is 7.52. The van der Waals surface area contributed by atoms with Crippen LogP contribution in [0.3, 0.4) is 0 Å². The fourth-order valence-electron chi connectivity index (χ4n) is 3.14. The molecule has 0 radical (unpaired) electrons. The quantitative estimate of drug-likeness (QED) is 0.734. The van der Waals surface area contributed by atoms with E-state index in [4.69, 9.17) is 5.26 Å². The van der Waals surface area contributed by atoms with Crippen molar-refractivity contribution in [3.8, 4) is 17.5 Å². The Bertz CT molecular complexity index is 859. The Hall–Kier alpha value is -2.80. The lowest BCUT2D eigenvalue weighted by molar-refractivity contribution is 0.478. The first kappa shape index (κ1) is 12.9. The van der Waals surface area contributed by atoms with Gasteiger partial charge in [-0.15, -0.1) is 0 Å². The topological polar surface area (TPSA) is 55.7 Å². The number of rotatable bonds is 2. The molecule has 1 aromatic heterocycles. The molecule has 2 aromatic carbocycles. The van der Waals surface area contributed by atoms with E-state index >= 15 is 0 Å². The molecule has 2 heterocycles. The van der Waals surface area contributed by atoms with Crippen LogP contribution in [0.15, 0.2) is 48.5 Å². The largest absolute Gasteiger partial charge is 0.310 e. The van der Waals surface area contributed by atoms with Gasteiger partial charge in [0.2, 0.25) is 0 Å². The van der Waals surface area contributed by atoms with Crippen molar-refractivity contribution in [2.45, 2.75) is 12.3 Å². The minimum atomic E-state index is 0.352. The van der Waals surface area contributed by atoms with E-state index < -0.39 is 0 Å². The summed E-state index contributed by atoms with van der Waals surface area (Å²) in [6.07, 6.45) is 3.21. The van der Waals surface area contributed by atoms with E-state index in [0.717, 1.165) is 36.5 Å². The molecule has 0 amide bonds. The molecule has 3 aromatic rings. The van der Waals surface area contributed by atoms with E-state index in [9.17, 15) is 0 Å². The van der Waals surface area contributed by atoms with E-state index in [-0.39, 0.29) is 0 Å². The summed E-state index contributed by atoms with van der Waals surface area (Å²) in [5, 5.41) is 19.0. The zero-order valence-corrected chi connectivity index (χ0v) is 12.2. The molecule has 1 N–H and O–H groups in total. The molecule has 1 saturated heterocycles. The summed E-state index contributed by atoms with van der Waals surface area (Å²) >= 11 is 0. The average molecular weight is 288 g/mol. The van der Waals surface area contributed by atoms with E-state index in [1.54, 1.807) is 4.90 Å². The van der Waals surface area contributed by atoms with Gasteiger partial charge in [-0.1, -0.05) is 36.4 Å². The minimum absolute atomic E-state index is 0.352. The highest BCUT2D eigenvalue weighted by Crippen LogP contribution is 2.29. The minimum Gasteiger partial charge on any atom is -0.310 e. The lowest BCUT2D eigenvalue weighted by Gasteiger charge is -2.05. The van der Waals surface area contributed by atoms with E-state index in [1.165, 1.54) is 10.8 Å². The van der Waals surface area contributed by atoms with Crippen molar-refractivity contribution in [3.05, 3.63) is 54.2 Å². The molecule has 0 bridgehead atoms. The van der Waals surface area contributed by atoms with Crippen LogP contribution in [-0.4, -0.2) is 28.2 Å². The van der Waals surface area contributed by atoms with Crippen LogP contribution < -0.4 is 0 Å². The molecule has 4 nitrogen and oxygen atoms in total. The number of aromatic amines is 1. The van der Waals surface area contributed by atoms with Crippen LogP contribution in [0.1, 0.15) is 18.0 Å². The van der Waals surface area contributed by atoms with E-state index in [1.807, 2.05) is 0 Å². The number of aromatic nitrogens is 2. The van der Waals surface area contributed by atoms with Gasteiger partial charge in [0.15, 0.2) is 6.19 Å². The Balaban J connectivity index is 1.64. The number of H-pyrrole nitrogens is 1. The molecule has 0 saturated carbocycles. The number of fused-ring (bicyclic) bond motifs is 1. The smallest absolute Gasteiger partial charge is 0.179 e. The number of likely N-dealkylation sites (tertiary alicyclic amines) is 1. The fourth-order valence-corrected chi connectivity index (χ4v) is 3.14. The second-order valence-corrected chi connectivity index (χ2v) is 5.80. The predicted octanol–water partition coefficient (Wildman–Crippen LogP) is 3.50. The molecular weight excluding hydrogens is 272 g/mol. The highest BCUT2D eigenvalue weighted by molar-refractivity contribution is 5.86. The maximum Gasteiger partial charge on any atom is 0.179 e. The van der Waals surface area contributed by atoms with Gasteiger partial charge in [-0.25, -0.2) is 0 Å². The lowest BCUT2D eigenvalue weighted by atomic mass is 10.0. The summed E-state index contributed by atoms with van der Waals surface area (Å²) in [6.45, 7) is 1.61. The second-order valence-electron chi connectivity index (χ2n) is 5.80. The van der Waals surface area contributed by atoms with Crippen molar-refractivity contribution in [2.24, 2.45) is 0 Å². The summed E-state index contributed by atoms with van der Waals surface area (Å²) in [5.41, 5.74) is 3.24. The molecule has 108 valence electrons. The number of hydrogen-bond acceptors (Lipinski definition) is 3. The maximum atomic E-state index is 8.96. The number of nitrogens with one attached hydrogen (secondary N) is 1. The van der Waals surface area contributed by atoms with Crippen molar-refractivity contribution < 1.29 is 0 Å². The van der Waals surface area contributed by atoms with Crippen LogP contribution in [0, 0.1) is 11.5 Å². The van der Waals surface area contributed by atoms with Gasteiger partial charge in [0.25, 0.3) is 0 Å². The monoisotopic (exact) mass is 288 g/mol. The molecule has 1 fully saturated rings. The number of nitrogens with zero attached hydrogens (tertiary/aromatic N) is 3. The summed E-state index contributed by atoms with van der Waals surface area (Å²) < 4.78 is 0. The predicted molar refractivity (Wildman–Crippen MR) is 86.1 cm³/mol. The Kier molecular flexibility index (Phi) is 3.05. The van der Waals surface area contributed by atoms with Crippen molar-refractivity contribution in [1.29, 1.82) is 5.26 Å². The fraction of sp³-hybridized carbons (Fsp3) is 0.222. The van der Waals surface area contributed by atoms with Crippen molar-refractivity contribution in [2.75, 3.05) is 13.1 Å². The molecule has 1 atom stereocenters. The lowest BCUT2D eigenvalue weighted by Crippen LogP contribution is -2.12. The van der Waals surface area contributed by atoms with Crippen molar-refractivity contribution >= 4 is 10.8 Å². The molecule has 1 unspecified atom stereocenters. The zero-order chi connectivity index (χ0) is 14.9. The summed E-state index contributed by atoms with van der Waals surface area (Å²) in [5.74, 6) is 0.352. The zero-order valence-electron chi connectivity index (χ0n) is 12.2. The van der Waals surface area contributed by atoms with Crippen LogP contribution in [0.4, 0.5) is 0 Å². The molecule has 1 aliphatic rings. The SMILES string of the molecule is N#CN1CCC(c2cc(-c3ccc4ccccc4c3)[nH]n2)C1. The summed E-state index contributed by atoms with van der Waals surface area (Å²) in [4.78, 5) is 1.80. The van der Waals surface area contributed by atoms with Gasteiger partial charge in [-0.3, -0.25) is 5.10 Å². The third-order valence-corrected chi connectivity index (χ3v) is 4.41. The highest BCUT2D eigenvalue weighted by atomic mass is 15.2. The Morgan fingerprint density at radius 3 is 2.82 bits per heavy atom. The Labute approximate surface area is 129 Å². The van der Waals surface area contributed by atoms with Crippen LogP contribution in [0.25, 0.3) is 22.0 Å². The normalized spacial score (nSPS) is 17.8. The van der Waals surface area contributed by atoms with Crippen LogP contribution in [0.5, 0.6) is 0 Å². The van der Waals surface area contributed by atoms with Gasteiger partial charge in [-0.05, 0) is 29.3 Å². The number of hydrogen-bond donors (Lipinski definition) is 1. The maximum absolute atomic E-state index is 8.96. The third-order valence-electron chi connectivity index (χ3n) is 4.41. The van der Waals surface area contributed by atoms with Crippen molar-refractivity contribution in [3.63, 3.8) is 0 Å². The molecule has 0 aliphatic carbocycles. The van der Waals surface area contributed by atoms with Crippen molar-refractivity contribution in [1.82, 2.24) is 15.1 Å². The first-order chi connectivity index (χ1) is 10.8. The second kappa shape index (κ2) is 5.19. The van der Waals surface area contributed by atoms with Crippen LogP contribution in [-0.2, 0) is 0 Å². The standard InChI is InChI=1S/C18H16N4/c19-12-22-8-7-16(11-22)18-10-17(20-21-18)15-6-5-13-3-1-2-4-14(13)9-15/h1-6,9-10,16H,7-8,11H2,(H,20,21). The Morgan fingerprint density at radius 2 is 2.00 bits per heavy atom. The highest BCUT2D eigenvalue weighted by Gasteiger charge is 2.25. The molecular formula is C18H16N4. The number of benzene rings is 2. The van der Waals surface area contributed by atoms with Gasteiger partial charge in [0, 0.05) is 24.6 Å². The van der Waals surface area contributed by atoms with E-state index in [0.29, 0.717) is 5.92 Å². The van der Waals surface area contributed by atoms with Crippen LogP contribution >= 0.6 is 0 Å². The summed E-state index contributed by atoms with van der Waals surface area (Å²) in [6, 6.07) is 16.9.